The van der Waals surface area contributed by atoms with Crippen molar-refractivity contribution in [2.24, 2.45) is 7.05 Å². The van der Waals surface area contributed by atoms with E-state index < -0.39 is 5.97 Å². The molecule has 0 spiro atoms. The first-order valence-corrected chi connectivity index (χ1v) is 11.3. The number of aromatic nitrogens is 3. The van der Waals surface area contributed by atoms with Crippen LogP contribution in [0.4, 0.5) is 0 Å². The molecule has 1 N–H and O–H groups in total. The van der Waals surface area contributed by atoms with E-state index in [0.29, 0.717) is 13.0 Å². The van der Waals surface area contributed by atoms with E-state index in [1.54, 1.807) is 9.13 Å². The quantitative estimate of drug-likeness (QED) is 0.391. The van der Waals surface area contributed by atoms with E-state index in [4.69, 9.17) is 0 Å². The van der Waals surface area contributed by atoms with Crippen molar-refractivity contribution in [3.63, 3.8) is 0 Å². The Morgan fingerprint density at radius 2 is 1.94 bits per heavy atom. The second kappa shape index (κ2) is 8.38. The van der Waals surface area contributed by atoms with E-state index in [2.05, 4.69) is 45.8 Å². The minimum Gasteiger partial charge on any atom is -0.481 e. The molecule has 31 heavy (non-hydrogen) atoms. The molecule has 0 radical (unpaired) electrons. The van der Waals surface area contributed by atoms with Gasteiger partial charge in [-0.1, -0.05) is 41.4 Å². The number of carboxylic acid groups (broad SMARTS) is 1. The molecular weight excluding hydrogens is 458 g/mol. The number of rotatable bonds is 7. The second-order valence-corrected chi connectivity index (χ2v) is 9.06. The first kappa shape index (κ1) is 21.4. The minimum absolute atomic E-state index is 0.0731. The largest absolute Gasteiger partial charge is 0.481 e. The van der Waals surface area contributed by atoms with Crippen molar-refractivity contribution in [2.75, 3.05) is 0 Å². The van der Waals surface area contributed by atoms with Gasteiger partial charge in [-0.15, -0.1) is 0 Å². The Labute approximate surface area is 188 Å². The van der Waals surface area contributed by atoms with Gasteiger partial charge in [0, 0.05) is 34.7 Å². The standard InChI is InChI=1S/C24H26BrN3O3/c1-4-6-18(12-22(29)30)28-19-10-9-17(25)11-21(19)27(24(28)31)14-16-13-26(3)20-8-5-7-15(2)23(16)20/h5,7-11,13,18H,4,6,12,14H2,1-3H3,(H,29,30). The molecule has 0 aliphatic rings. The maximum Gasteiger partial charge on any atom is 0.329 e. The Bertz CT molecular complexity index is 1350. The van der Waals surface area contributed by atoms with Crippen molar-refractivity contribution in [2.45, 2.75) is 45.7 Å². The van der Waals surface area contributed by atoms with Gasteiger partial charge in [0.15, 0.2) is 0 Å². The number of hydrogen-bond donors (Lipinski definition) is 1. The number of halogens is 1. The smallest absolute Gasteiger partial charge is 0.329 e. The summed E-state index contributed by atoms with van der Waals surface area (Å²) >= 11 is 3.53. The number of nitrogens with zero attached hydrogens (tertiary/aromatic N) is 3. The highest BCUT2D eigenvalue weighted by atomic mass is 79.9. The van der Waals surface area contributed by atoms with E-state index in [1.807, 2.05) is 38.2 Å². The second-order valence-electron chi connectivity index (χ2n) is 8.15. The third-order valence-corrected chi connectivity index (χ3v) is 6.45. The molecule has 0 aliphatic carbocycles. The maximum atomic E-state index is 13.6. The van der Waals surface area contributed by atoms with Gasteiger partial charge in [0.25, 0.3) is 0 Å². The zero-order chi connectivity index (χ0) is 22.3. The number of aliphatic carboxylic acids is 1. The lowest BCUT2D eigenvalue weighted by Gasteiger charge is -2.16. The Kier molecular flexibility index (Phi) is 5.79. The Morgan fingerprint density at radius 3 is 2.65 bits per heavy atom. The molecule has 0 bridgehead atoms. The van der Waals surface area contributed by atoms with Crippen LogP contribution in [0.1, 0.15) is 43.4 Å². The lowest BCUT2D eigenvalue weighted by molar-refractivity contribution is -0.137. The van der Waals surface area contributed by atoms with Gasteiger partial charge in [0.1, 0.15) is 0 Å². The summed E-state index contributed by atoms with van der Waals surface area (Å²) < 4.78 is 6.41. The van der Waals surface area contributed by atoms with Gasteiger partial charge in [0.2, 0.25) is 0 Å². The van der Waals surface area contributed by atoms with Crippen LogP contribution >= 0.6 is 15.9 Å². The van der Waals surface area contributed by atoms with Crippen molar-refractivity contribution in [3.8, 4) is 0 Å². The van der Waals surface area contributed by atoms with Crippen molar-refractivity contribution >= 4 is 43.8 Å². The van der Waals surface area contributed by atoms with Crippen molar-refractivity contribution < 1.29 is 9.90 Å². The lowest BCUT2D eigenvalue weighted by Crippen LogP contribution is -2.29. The fraction of sp³-hybridized carbons (Fsp3) is 0.333. The summed E-state index contributed by atoms with van der Waals surface area (Å²) in [6, 6.07) is 11.6. The van der Waals surface area contributed by atoms with E-state index in [9.17, 15) is 14.7 Å². The summed E-state index contributed by atoms with van der Waals surface area (Å²) in [7, 11) is 2.01. The molecule has 1 atom stereocenters. The molecule has 4 aromatic rings. The van der Waals surface area contributed by atoms with Crippen LogP contribution < -0.4 is 5.69 Å². The normalized spacial score (nSPS) is 12.6. The zero-order valence-electron chi connectivity index (χ0n) is 17.9. The number of hydrogen-bond acceptors (Lipinski definition) is 2. The SMILES string of the molecule is CCCC(CC(=O)O)n1c(=O)n(Cc2cn(C)c3cccc(C)c23)c2cc(Br)ccc21. The Balaban J connectivity index is 1.93. The molecular formula is C24H26BrN3O3. The predicted octanol–water partition coefficient (Wildman–Crippen LogP) is 5.23. The molecule has 7 heteroatoms. The summed E-state index contributed by atoms with van der Waals surface area (Å²) in [5, 5.41) is 10.6. The first-order valence-electron chi connectivity index (χ1n) is 10.5. The molecule has 2 aromatic carbocycles. The Morgan fingerprint density at radius 1 is 1.16 bits per heavy atom. The van der Waals surface area contributed by atoms with Gasteiger partial charge in [-0.3, -0.25) is 13.9 Å². The number of imidazole rings is 1. The summed E-state index contributed by atoms with van der Waals surface area (Å²) in [6.07, 6.45) is 3.44. The van der Waals surface area contributed by atoms with Crippen LogP contribution in [0, 0.1) is 6.92 Å². The summed E-state index contributed by atoms with van der Waals surface area (Å²) in [4.78, 5) is 25.2. The average molecular weight is 484 g/mol. The third kappa shape index (κ3) is 3.83. The number of fused-ring (bicyclic) bond motifs is 2. The van der Waals surface area contributed by atoms with Gasteiger partial charge in [-0.2, -0.15) is 0 Å². The van der Waals surface area contributed by atoms with Gasteiger partial charge < -0.3 is 9.67 Å². The van der Waals surface area contributed by atoms with Crippen molar-refractivity contribution in [1.82, 2.24) is 13.7 Å². The highest BCUT2D eigenvalue weighted by Gasteiger charge is 2.23. The Hall–Kier alpha value is -2.80. The van der Waals surface area contributed by atoms with Gasteiger partial charge in [-0.25, -0.2) is 4.79 Å². The van der Waals surface area contributed by atoms with Crippen LogP contribution in [0.3, 0.4) is 0 Å². The zero-order valence-corrected chi connectivity index (χ0v) is 19.5. The van der Waals surface area contributed by atoms with Crippen molar-refractivity contribution in [3.05, 3.63) is 68.7 Å². The topological polar surface area (TPSA) is 69.2 Å². The van der Waals surface area contributed by atoms with Crippen molar-refractivity contribution in [1.29, 1.82) is 0 Å². The van der Waals surface area contributed by atoms with Crippen LogP contribution in [0.2, 0.25) is 0 Å². The van der Waals surface area contributed by atoms with Crippen LogP contribution in [-0.4, -0.2) is 24.8 Å². The molecule has 0 aliphatic heterocycles. The number of carbonyl (C=O) groups is 1. The highest BCUT2D eigenvalue weighted by molar-refractivity contribution is 9.10. The average Bonchev–Trinajstić information content (AvgIpc) is 3.17. The summed E-state index contributed by atoms with van der Waals surface area (Å²) in [6.45, 7) is 4.51. The minimum atomic E-state index is -0.895. The molecule has 2 heterocycles. The maximum absolute atomic E-state index is 13.6. The fourth-order valence-corrected chi connectivity index (χ4v) is 4.99. The van der Waals surface area contributed by atoms with Gasteiger partial charge >= 0.3 is 11.7 Å². The van der Waals surface area contributed by atoms with E-state index in [-0.39, 0.29) is 18.2 Å². The molecule has 2 aromatic heterocycles. The highest BCUT2D eigenvalue weighted by Crippen LogP contribution is 2.29. The van der Waals surface area contributed by atoms with Gasteiger partial charge in [0.05, 0.1) is 24.0 Å². The number of aryl methyl sites for hydroxylation is 2. The summed E-state index contributed by atoms with van der Waals surface area (Å²) in [5.74, 6) is -0.895. The molecule has 0 saturated heterocycles. The predicted molar refractivity (Wildman–Crippen MR) is 127 cm³/mol. The molecule has 162 valence electrons. The fourth-order valence-electron chi connectivity index (χ4n) is 4.64. The molecule has 0 fully saturated rings. The first-order chi connectivity index (χ1) is 14.8. The van der Waals surface area contributed by atoms with Gasteiger partial charge in [-0.05, 0) is 48.7 Å². The molecule has 6 nitrogen and oxygen atoms in total. The monoisotopic (exact) mass is 483 g/mol. The van der Waals surface area contributed by atoms with E-state index in [0.717, 1.165) is 38.4 Å². The van der Waals surface area contributed by atoms with Crippen LogP contribution in [0.25, 0.3) is 21.9 Å². The third-order valence-electron chi connectivity index (χ3n) is 5.95. The molecule has 4 rings (SSSR count). The van der Waals surface area contributed by atoms with Crippen LogP contribution in [0.5, 0.6) is 0 Å². The van der Waals surface area contributed by atoms with Crippen LogP contribution in [-0.2, 0) is 18.4 Å². The summed E-state index contributed by atoms with van der Waals surface area (Å²) in [5.41, 5.74) is 4.77. The van der Waals surface area contributed by atoms with Crippen LogP contribution in [0.15, 0.2) is 51.9 Å². The number of benzene rings is 2. The van der Waals surface area contributed by atoms with E-state index in [1.165, 1.54) is 5.56 Å². The van der Waals surface area contributed by atoms with E-state index >= 15 is 0 Å². The number of carboxylic acids is 1. The molecule has 0 saturated carbocycles. The lowest BCUT2D eigenvalue weighted by atomic mass is 10.1. The molecule has 0 amide bonds. The molecule has 1 unspecified atom stereocenters.